The Morgan fingerprint density at radius 3 is 2.34 bits per heavy atom. The number of hydrogen-bond acceptors (Lipinski definition) is 3. The summed E-state index contributed by atoms with van der Waals surface area (Å²) in [4.78, 5) is 6.00. The van der Waals surface area contributed by atoms with Gasteiger partial charge in [-0.2, -0.15) is 5.10 Å². The maximum atomic E-state index is 13.7. The molecule has 0 fully saturated rings. The standard InChI is InChI=1S/C26H17FN4S/c27-19-12-14-20(15-13-19)31-25(17-22(29-31)18-7-2-1-3-8-18)30-23-10-5-4-9-21(23)28-26(30)24-11-6-16-32-24/h1-17H. The number of halogens is 1. The predicted molar refractivity (Wildman–Crippen MR) is 127 cm³/mol. The molecule has 0 bridgehead atoms. The SMILES string of the molecule is Fc1ccc(-n2nc(-c3ccccc3)cc2-n2c(-c3cccs3)nc3ccccc32)cc1. The molecule has 3 aromatic heterocycles. The van der Waals surface area contributed by atoms with Gasteiger partial charge in [0.05, 0.1) is 27.3 Å². The Hall–Kier alpha value is -4.03. The lowest BCUT2D eigenvalue weighted by Gasteiger charge is -2.11. The molecule has 0 atom stereocenters. The van der Waals surface area contributed by atoms with Gasteiger partial charge in [0.2, 0.25) is 0 Å². The number of rotatable bonds is 4. The molecule has 6 aromatic rings. The van der Waals surface area contributed by atoms with Gasteiger partial charge in [0, 0.05) is 11.6 Å². The summed E-state index contributed by atoms with van der Waals surface area (Å²) in [6.07, 6.45) is 0. The smallest absolute Gasteiger partial charge is 0.157 e. The molecule has 0 aliphatic carbocycles. The number of imidazole rings is 1. The molecule has 0 radical (unpaired) electrons. The molecule has 0 saturated heterocycles. The van der Waals surface area contributed by atoms with Crippen molar-refractivity contribution in [1.82, 2.24) is 19.3 Å². The zero-order valence-electron chi connectivity index (χ0n) is 16.9. The Kier molecular flexibility index (Phi) is 4.44. The summed E-state index contributed by atoms with van der Waals surface area (Å²) in [6, 6.07) is 30.7. The Bertz CT molecular complexity index is 1510. The van der Waals surface area contributed by atoms with Crippen molar-refractivity contribution >= 4 is 22.4 Å². The topological polar surface area (TPSA) is 35.6 Å². The minimum atomic E-state index is -0.280. The largest absolute Gasteiger partial charge is 0.275 e. The fraction of sp³-hybridized carbons (Fsp3) is 0. The second kappa shape index (κ2) is 7.59. The molecule has 0 unspecified atom stereocenters. The highest BCUT2D eigenvalue weighted by atomic mass is 32.1. The summed E-state index contributed by atoms with van der Waals surface area (Å²) >= 11 is 1.64. The van der Waals surface area contributed by atoms with Gasteiger partial charge in [-0.3, -0.25) is 4.57 Å². The first-order valence-corrected chi connectivity index (χ1v) is 11.1. The molecule has 3 heterocycles. The van der Waals surface area contributed by atoms with Crippen molar-refractivity contribution in [3.05, 3.63) is 108 Å². The van der Waals surface area contributed by atoms with Crippen LogP contribution in [-0.2, 0) is 0 Å². The van der Waals surface area contributed by atoms with Gasteiger partial charge >= 0.3 is 0 Å². The van der Waals surface area contributed by atoms with Gasteiger partial charge in [-0.25, -0.2) is 14.1 Å². The minimum absolute atomic E-state index is 0.280. The summed E-state index contributed by atoms with van der Waals surface area (Å²) < 4.78 is 17.6. The van der Waals surface area contributed by atoms with E-state index in [1.54, 1.807) is 23.5 Å². The highest BCUT2D eigenvalue weighted by Crippen LogP contribution is 2.33. The molecule has 6 heteroatoms. The number of fused-ring (bicyclic) bond motifs is 1. The van der Waals surface area contributed by atoms with Gasteiger partial charge in [0.1, 0.15) is 11.6 Å². The van der Waals surface area contributed by atoms with Crippen LogP contribution in [0.3, 0.4) is 0 Å². The van der Waals surface area contributed by atoms with E-state index in [4.69, 9.17) is 10.1 Å². The van der Waals surface area contributed by atoms with Crippen molar-refractivity contribution in [2.45, 2.75) is 0 Å². The summed E-state index contributed by atoms with van der Waals surface area (Å²) in [5.74, 6) is 1.41. The average molecular weight is 437 g/mol. The normalized spacial score (nSPS) is 11.3. The van der Waals surface area contributed by atoms with Gasteiger partial charge in [-0.1, -0.05) is 48.5 Å². The highest BCUT2D eigenvalue weighted by Gasteiger charge is 2.20. The maximum absolute atomic E-state index is 13.7. The van der Waals surface area contributed by atoms with E-state index < -0.39 is 0 Å². The van der Waals surface area contributed by atoms with Crippen LogP contribution in [0.5, 0.6) is 0 Å². The monoisotopic (exact) mass is 436 g/mol. The van der Waals surface area contributed by atoms with E-state index in [1.165, 1.54) is 12.1 Å². The second-order valence-corrected chi connectivity index (χ2v) is 8.33. The van der Waals surface area contributed by atoms with Crippen molar-refractivity contribution in [1.29, 1.82) is 0 Å². The molecule has 0 aliphatic rings. The van der Waals surface area contributed by atoms with Gasteiger partial charge in [0.15, 0.2) is 5.82 Å². The van der Waals surface area contributed by atoms with Crippen LogP contribution in [0.15, 0.2) is 102 Å². The third-order valence-electron chi connectivity index (χ3n) is 5.36. The highest BCUT2D eigenvalue weighted by molar-refractivity contribution is 7.13. The van der Waals surface area contributed by atoms with E-state index >= 15 is 0 Å². The molecule has 4 nitrogen and oxygen atoms in total. The Morgan fingerprint density at radius 1 is 0.781 bits per heavy atom. The zero-order chi connectivity index (χ0) is 21.5. The summed E-state index contributed by atoms with van der Waals surface area (Å²) in [5.41, 5.74) is 4.51. The van der Waals surface area contributed by atoms with Crippen molar-refractivity contribution in [3.8, 4) is 33.5 Å². The number of thiophene rings is 1. The lowest BCUT2D eigenvalue weighted by atomic mass is 10.1. The van der Waals surface area contributed by atoms with Crippen LogP contribution >= 0.6 is 11.3 Å². The molecule has 3 aromatic carbocycles. The van der Waals surface area contributed by atoms with E-state index in [9.17, 15) is 4.39 Å². The maximum Gasteiger partial charge on any atom is 0.157 e. The molecule has 0 spiro atoms. The molecule has 32 heavy (non-hydrogen) atoms. The Labute approximate surface area is 187 Å². The van der Waals surface area contributed by atoms with Crippen LogP contribution in [0.25, 0.3) is 44.5 Å². The number of para-hydroxylation sites is 2. The summed E-state index contributed by atoms with van der Waals surface area (Å²) in [6.45, 7) is 0. The predicted octanol–water partition coefficient (Wildman–Crippen LogP) is 6.75. The number of nitrogens with zero attached hydrogens (tertiary/aromatic N) is 4. The van der Waals surface area contributed by atoms with Gasteiger partial charge < -0.3 is 0 Å². The molecular formula is C26H17FN4S. The molecule has 6 rings (SSSR count). The van der Waals surface area contributed by atoms with Crippen LogP contribution in [0.2, 0.25) is 0 Å². The molecule has 0 saturated carbocycles. The number of aromatic nitrogens is 4. The summed E-state index contributed by atoms with van der Waals surface area (Å²) in [7, 11) is 0. The molecule has 0 amide bonds. The molecule has 0 aliphatic heterocycles. The first-order valence-electron chi connectivity index (χ1n) is 10.2. The number of hydrogen-bond donors (Lipinski definition) is 0. The molecule has 0 N–H and O–H groups in total. The average Bonchev–Trinajstić information content (AvgIpc) is 3.58. The lowest BCUT2D eigenvalue weighted by molar-refractivity contribution is 0.627. The van der Waals surface area contributed by atoms with E-state index in [-0.39, 0.29) is 5.82 Å². The van der Waals surface area contributed by atoms with Crippen molar-refractivity contribution < 1.29 is 4.39 Å². The second-order valence-electron chi connectivity index (χ2n) is 7.38. The van der Waals surface area contributed by atoms with Gasteiger partial charge in [-0.15, -0.1) is 11.3 Å². The quantitative estimate of drug-likeness (QED) is 0.307. The van der Waals surface area contributed by atoms with Crippen LogP contribution in [-0.4, -0.2) is 19.3 Å². The first kappa shape index (κ1) is 18.7. The first-order chi connectivity index (χ1) is 15.8. The van der Waals surface area contributed by atoms with Crippen LogP contribution in [0.1, 0.15) is 0 Å². The van der Waals surface area contributed by atoms with Crippen LogP contribution < -0.4 is 0 Å². The van der Waals surface area contributed by atoms with Crippen molar-refractivity contribution in [2.24, 2.45) is 0 Å². The van der Waals surface area contributed by atoms with Crippen LogP contribution in [0.4, 0.5) is 4.39 Å². The van der Waals surface area contributed by atoms with Crippen molar-refractivity contribution in [3.63, 3.8) is 0 Å². The zero-order valence-corrected chi connectivity index (χ0v) is 17.7. The lowest BCUT2D eigenvalue weighted by Crippen LogP contribution is -2.06. The Balaban J connectivity index is 1.67. The summed E-state index contributed by atoms with van der Waals surface area (Å²) in [5, 5.41) is 6.96. The van der Waals surface area contributed by atoms with Crippen molar-refractivity contribution in [2.75, 3.05) is 0 Å². The number of benzene rings is 3. The molecular weight excluding hydrogens is 419 g/mol. The Morgan fingerprint density at radius 2 is 1.56 bits per heavy atom. The fourth-order valence-corrected chi connectivity index (χ4v) is 4.59. The molecule has 154 valence electrons. The fourth-order valence-electron chi connectivity index (χ4n) is 3.88. The third kappa shape index (κ3) is 3.13. The minimum Gasteiger partial charge on any atom is -0.275 e. The van der Waals surface area contributed by atoms with E-state index in [1.807, 2.05) is 64.7 Å². The van der Waals surface area contributed by atoms with E-state index in [0.717, 1.165) is 44.5 Å². The third-order valence-corrected chi connectivity index (χ3v) is 6.23. The van der Waals surface area contributed by atoms with E-state index in [2.05, 4.69) is 22.8 Å². The van der Waals surface area contributed by atoms with Crippen LogP contribution in [0, 0.1) is 5.82 Å². The van der Waals surface area contributed by atoms with Gasteiger partial charge in [-0.05, 0) is 47.8 Å². The van der Waals surface area contributed by atoms with E-state index in [0.29, 0.717) is 0 Å². The van der Waals surface area contributed by atoms with Gasteiger partial charge in [0.25, 0.3) is 0 Å².